The van der Waals surface area contributed by atoms with Crippen LogP contribution in [0, 0.1) is 11.8 Å². The Bertz CT molecular complexity index is 699. The summed E-state index contributed by atoms with van der Waals surface area (Å²) in [5, 5.41) is 3.78. The van der Waals surface area contributed by atoms with Gasteiger partial charge in [0.05, 0.1) is 11.5 Å². The van der Waals surface area contributed by atoms with E-state index in [1.165, 1.54) is 11.3 Å². The average molecular weight is 312 g/mol. The van der Waals surface area contributed by atoms with Gasteiger partial charge in [0.2, 0.25) is 5.91 Å². The zero-order valence-corrected chi connectivity index (χ0v) is 12.8. The Morgan fingerprint density at radius 1 is 1.09 bits per heavy atom. The Labute approximate surface area is 133 Å². The van der Waals surface area contributed by atoms with E-state index < -0.39 is 0 Å². The van der Waals surface area contributed by atoms with Crippen molar-refractivity contribution in [2.75, 3.05) is 24.5 Å². The van der Waals surface area contributed by atoms with Crippen LogP contribution in [0.5, 0.6) is 0 Å². The molecule has 0 saturated carbocycles. The van der Waals surface area contributed by atoms with Crippen LogP contribution in [0.3, 0.4) is 0 Å². The first-order chi connectivity index (χ1) is 10.7. The van der Waals surface area contributed by atoms with Crippen LogP contribution in [0.2, 0.25) is 0 Å². The summed E-state index contributed by atoms with van der Waals surface area (Å²) in [5.41, 5.74) is 1.69. The first kappa shape index (κ1) is 13.5. The number of anilines is 1. The van der Waals surface area contributed by atoms with Crippen LogP contribution >= 0.6 is 11.3 Å². The molecule has 2 aliphatic heterocycles. The summed E-state index contributed by atoms with van der Waals surface area (Å²) in [4.78, 5) is 28.7. The van der Waals surface area contributed by atoms with Gasteiger partial charge in [0.25, 0.3) is 5.91 Å². The Hall–Kier alpha value is -2.14. The van der Waals surface area contributed by atoms with E-state index in [1.54, 1.807) is 0 Å². The van der Waals surface area contributed by atoms with Crippen LogP contribution in [0.4, 0.5) is 5.69 Å². The summed E-state index contributed by atoms with van der Waals surface area (Å²) in [5.74, 6) is 0.393. The monoisotopic (exact) mass is 312 g/mol. The van der Waals surface area contributed by atoms with Gasteiger partial charge in [-0.05, 0) is 23.6 Å². The molecule has 0 aliphatic carbocycles. The summed E-state index contributed by atoms with van der Waals surface area (Å²) >= 11 is 1.52. The number of para-hydroxylation sites is 1. The second kappa shape index (κ2) is 5.25. The highest BCUT2D eigenvalue weighted by Gasteiger charge is 2.47. The predicted molar refractivity (Wildman–Crippen MR) is 86.0 cm³/mol. The van der Waals surface area contributed by atoms with Crippen molar-refractivity contribution in [2.45, 2.75) is 0 Å². The van der Waals surface area contributed by atoms with Gasteiger partial charge in [-0.3, -0.25) is 9.59 Å². The van der Waals surface area contributed by atoms with Crippen molar-refractivity contribution in [3.8, 4) is 0 Å². The lowest BCUT2D eigenvalue weighted by atomic mass is 10.0. The van der Waals surface area contributed by atoms with Gasteiger partial charge in [0.15, 0.2) is 0 Å². The van der Waals surface area contributed by atoms with E-state index in [4.69, 9.17) is 0 Å². The third-order valence-electron chi connectivity index (χ3n) is 4.56. The molecule has 1 aromatic heterocycles. The number of thiophene rings is 1. The molecule has 0 spiro atoms. The van der Waals surface area contributed by atoms with Gasteiger partial charge < -0.3 is 9.80 Å². The van der Waals surface area contributed by atoms with Crippen LogP contribution in [-0.4, -0.2) is 36.3 Å². The summed E-state index contributed by atoms with van der Waals surface area (Å²) in [6.07, 6.45) is 0. The molecule has 2 aromatic rings. The fourth-order valence-corrected chi connectivity index (χ4v) is 4.07. The van der Waals surface area contributed by atoms with Crippen molar-refractivity contribution in [3.63, 3.8) is 0 Å². The molecule has 2 aliphatic rings. The lowest BCUT2D eigenvalue weighted by Gasteiger charge is -2.21. The number of carbonyl (C=O) groups is 2. The first-order valence-corrected chi connectivity index (χ1v) is 8.36. The molecule has 2 atom stereocenters. The van der Waals surface area contributed by atoms with Crippen molar-refractivity contribution >= 4 is 28.8 Å². The maximum Gasteiger partial charge on any atom is 0.254 e. The number of hydrogen-bond acceptors (Lipinski definition) is 3. The highest BCUT2D eigenvalue weighted by molar-refractivity contribution is 7.08. The van der Waals surface area contributed by atoms with E-state index in [2.05, 4.69) is 0 Å². The minimum atomic E-state index is -0.0530. The fraction of sp³-hybridized carbons (Fsp3) is 0.294. The van der Waals surface area contributed by atoms with E-state index in [1.807, 2.05) is 57.0 Å². The van der Waals surface area contributed by atoms with E-state index >= 15 is 0 Å². The van der Waals surface area contributed by atoms with E-state index in [0.717, 1.165) is 11.3 Å². The third-order valence-corrected chi connectivity index (χ3v) is 5.25. The number of fused-ring (bicyclic) bond motifs is 1. The van der Waals surface area contributed by atoms with Crippen molar-refractivity contribution in [2.24, 2.45) is 11.8 Å². The van der Waals surface area contributed by atoms with Gasteiger partial charge in [-0.2, -0.15) is 11.3 Å². The molecule has 2 saturated heterocycles. The molecule has 1 aromatic carbocycles. The second-order valence-corrected chi connectivity index (χ2v) is 6.65. The Balaban J connectivity index is 1.50. The second-order valence-electron chi connectivity index (χ2n) is 5.87. The third kappa shape index (κ3) is 2.13. The number of benzene rings is 1. The van der Waals surface area contributed by atoms with Gasteiger partial charge >= 0.3 is 0 Å². The van der Waals surface area contributed by atoms with E-state index in [9.17, 15) is 9.59 Å². The van der Waals surface area contributed by atoms with Crippen LogP contribution in [0.15, 0.2) is 47.2 Å². The molecule has 112 valence electrons. The highest BCUT2D eigenvalue weighted by Crippen LogP contribution is 2.35. The van der Waals surface area contributed by atoms with Gasteiger partial charge in [0.1, 0.15) is 0 Å². The Morgan fingerprint density at radius 2 is 1.91 bits per heavy atom. The van der Waals surface area contributed by atoms with Crippen LogP contribution < -0.4 is 4.90 Å². The Morgan fingerprint density at radius 3 is 2.59 bits per heavy atom. The van der Waals surface area contributed by atoms with Crippen LogP contribution in [0.1, 0.15) is 10.4 Å². The minimum absolute atomic E-state index is 0.0507. The van der Waals surface area contributed by atoms with Gasteiger partial charge in [-0.25, -0.2) is 0 Å². The zero-order chi connectivity index (χ0) is 15.1. The minimum Gasteiger partial charge on any atom is -0.337 e. The first-order valence-electron chi connectivity index (χ1n) is 7.42. The topological polar surface area (TPSA) is 40.6 Å². The van der Waals surface area contributed by atoms with E-state index in [-0.39, 0.29) is 23.7 Å². The number of hydrogen-bond donors (Lipinski definition) is 0. The standard InChI is InChI=1S/C17H16N2O2S/c20-16(12-6-7-22-11-12)18-8-13-9-19(17(21)15(13)10-18)14-4-2-1-3-5-14/h1-7,11,13,15H,8-10H2/t13-,15-/m1/s1. The molecule has 2 amide bonds. The quantitative estimate of drug-likeness (QED) is 0.855. The summed E-state index contributed by atoms with van der Waals surface area (Å²) in [6, 6.07) is 11.6. The average Bonchev–Trinajstić information content (AvgIpc) is 3.25. The number of likely N-dealkylation sites (tertiary alicyclic amines) is 1. The molecule has 2 fully saturated rings. The van der Waals surface area contributed by atoms with Gasteiger partial charge in [-0.15, -0.1) is 0 Å². The van der Waals surface area contributed by atoms with Crippen molar-refractivity contribution in [3.05, 3.63) is 52.7 Å². The number of rotatable bonds is 2. The van der Waals surface area contributed by atoms with Crippen LogP contribution in [0.25, 0.3) is 0 Å². The fourth-order valence-electron chi connectivity index (χ4n) is 3.44. The van der Waals surface area contributed by atoms with E-state index in [0.29, 0.717) is 19.6 Å². The molecular weight excluding hydrogens is 296 g/mol. The molecule has 0 radical (unpaired) electrons. The highest BCUT2D eigenvalue weighted by atomic mass is 32.1. The molecule has 4 rings (SSSR count). The van der Waals surface area contributed by atoms with Crippen molar-refractivity contribution in [1.29, 1.82) is 0 Å². The smallest absolute Gasteiger partial charge is 0.254 e. The molecule has 0 unspecified atom stereocenters. The van der Waals surface area contributed by atoms with Gasteiger partial charge in [0, 0.05) is 36.6 Å². The molecule has 0 N–H and O–H groups in total. The number of amides is 2. The molecule has 0 bridgehead atoms. The van der Waals surface area contributed by atoms with Gasteiger partial charge in [-0.1, -0.05) is 18.2 Å². The summed E-state index contributed by atoms with van der Waals surface area (Å²) < 4.78 is 0. The lowest BCUT2D eigenvalue weighted by Crippen LogP contribution is -2.35. The lowest BCUT2D eigenvalue weighted by molar-refractivity contribution is -0.120. The van der Waals surface area contributed by atoms with Crippen LogP contribution in [-0.2, 0) is 4.79 Å². The number of nitrogens with zero attached hydrogens (tertiary/aromatic N) is 2. The molecule has 4 nitrogen and oxygen atoms in total. The van der Waals surface area contributed by atoms with Crippen molar-refractivity contribution in [1.82, 2.24) is 4.90 Å². The SMILES string of the molecule is O=C(c1ccsc1)N1C[C@@H]2CN(c3ccccc3)C(=O)[C@@H]2C1. The normalized spacial score (nSPS) is 23.9. The zero-order valence-electron chi connectivity index (χ0n) is 12.0. The largest absolute Gasteiger partial charge is 0.337 e. The maximum absolute atomic E-state index is 12.6. The molecule has 5 heteroatoms. The predicted octanol–water partition coefficient (Wildman–Crippen LogP) is 2.48. The van der Waals surface area contributed by atoms with Crippen molar-refractivity contribution < 1.29 is 9.59 Å². The summed E-state index contributed by atoms with van der Waals surface area (Å²) in [7, 11) is 0. The maximum atomic E-state index is 12.6. The Kier molecular flexibility index (Phi) is 3.22. The molecule has 22 heavy (non-hydrogen) atoms. The summed E-state index contributed by atoms with van der Waals surface area (Å²) in [6.45, 7) is 1.93. The molecular formula is C17H16N2O2S. The number of carbonyl (C=O) groups excluding carboxylic acids is 2. The molecule has 3 heterocycles.